The average Bonchev–Trinajstić information content (AvgIpc) is 3.07. The van der Waals surface area contributed by atoms with Crippen molar-refractivity contribution in [1.29, 1.82) is 0 Å². The van der Waals surface area contributed by atoms with Crippen molar-refractivity contribution in [2.75, 3.05) is 19.7 Å². The minimum absolute atomic E-state index is 0.0414. The molecule has 0 spiro atoms. The van der Waals surface area contributed by atoms with Gasteiger partial charge in [0.15, 0.2) is 0 Å². The molecule has 34 heavy (non-hydrogen) atoms. The van der Waals surface area contributed by atoms with Crippen LogP contribution in [0.25, 0.3) is 11.1 Å². The van der Waals surface area contributed by atoms with Gasteiger partial charge in [-0.3, -0.25) is 9.59 Å². The highest BCUT2D eigenvalue weighted by Crippen LogP contribution is 2.44. The van der Waals surface area contributed by atoms with Gasteiger partial charge in [0.2, 0.25) is 5.91 Å². The molecule has 182 valence electrons. The molecule has 0 fully saturated rings. The largest absolute Gasteiger partial charge is 0.480 e. The number of ether oxygens (including phenoxy) is 1. The van der Waals surface area contributed by atoms with Crippen molar-refractivity contribution in [1.82, 2.24) is 10.2 Å². The summed E-state index contributed by atoms with van der Waals surface area (Å²) in [5.41, 5.74) is 4.01. The molecule has 0 aromatic heterocycles. The molecular formula is C24H25F3N2O5. The smallest absolute Gasteiger partial charge is 0.407 e. The second kappa shape index (κ2) is 10.1. The van der Waals surface area contributed by atoms with E-state index in [1.807, 2.05) is 48.5 Å². The van der Waals surface area contributed by atoms with E-state index in [4.69, 9.17) is 9.84 Å². The molecule has 1 aliphatic rings. The Bertz CT molecular complexity index is 1030. The molecular weight excluding hydrogens is 453 g/mol. The molecule has 0 radical (unpaired) electrons. The van der Waals surface area contributed by atoms with Gasteiger partial charge >= 0.3 is 18.2 Å². The summed E-state index contributed by atoms with van der Waals surface area (Å²) in [7, 11) is 0. The van der Waals surface area contributed by atoms with E-state index in [1.165, 1.54) is 13.8 Å². The van der Waals surface area contributed by atoms with Crippen molar-refractivity contribution in [3.05, 3.63) is 59.7 Å². The number of carbonyl (C=O) groups is 3. The van der Waals surface area contributed by atoms with Crippen molar-refractivity contribution in [2.45, 2.75) is 32.0 Å². The number of alkyl carbamates (subject to hydrolysis) is 1. The number of carboxylic acid groups (broad SMARTS) is 1. The Morgan fingerprint density at radius 2 is 1.56 bits per heavy atom. The second-order valence-electron chi connectivity index (χ2n) is 8.39. The molecule has 10 heteroatoms. The zero-order valence-corrected chi connectivity index (χ0v) is 18.6. The van der Waals surface area contributed by atoms with Gasteiger partial charge in [0.05, 0.1) is 0 Å². The standard InChI is InChI=1S/C24H25F3N2O5/c1-14(2)21(22(32)29(11-20(30)31)13-24(25,26)27)28-23(33)34-12-19-17-9-5-3-7-15(17)16-8-4-6-10-18(16)19/h3-10,14,19,21H,11-13H2,1-2H3,(H,28,33)(H,30,31). The number of benzene rings is 2. The second-order valence-corrected chi connectivity index (χ2v) is 8.39. The summed E-state index contributed by atoms with van der Waals surface area (Å²) >= 11 is 0. The molecule has 3 rings (SSSR count). The molecule has 1 aliphatic carbocycles. The fraction of sp³-hybridized carbons (Fsp3) is 0.375. The van der Waals surface area contributed by atoms with E-state index >= 15 is 0 Å². The van der Waals surface area contributed by atoms with Crippen LogP contribution in [0.3, 0.4) is 0 Å². The van der Waals surface area contributed by atoms with Crippen LogP contribution < -0.4 is 5.32 Å². The van der Waals surface area contributed by atoms with Gasteiger partial charge in [-0.05, 0) is 28.2 Å². The third kappa shape index (κ3) is 5.86. The van der Waals surface area contributed by atoms with Gasteiger partial charge in [-0.15, -0.1) is 0 Å². The van der Waals surface area contributed by atoms with Crippen LogP contribution in [0.2, 0.25) is 0 Å². The van der Waals surface area contributed by atoms with Crippen molar-refractivity contribution >= 4 is 18.0 Å². The average molecular weight is 478 g/mol. The first kappa shape index (κ1) is 25.1. The number of fused-ring (bicyclic) bond motifs is 3. The van der Waals surface area contributed by atoms with E-state index in [1.54, 1.807) is 0 Å². The van der Waals surface area contributed by atoms with Crippen LogP contribution in [0.15, 0.2) is 48.5 Å². The first-order valence-electron chi connectivity index (χ1n) is 10.7. The Morgan fingerprint density at radius 1 is 1.03 bits per heavy atom. The van der Waals surface area contributed by atoms with Crippen LogP contribution in [0, 0.1) is 5.92 Å². The van der Waals surface area contributed by atoms with E-state index in [9.17, 15) is 27.6 Å². The lowest BCUT2D eigenvalue weighted by Gasteiger charge is -2.29. The molecule has 2 N–H and O–H groups in total. The van der Waals surface area contributed by atoms with E-state index in [-0.39, 0.29) is 17.4 Å². The van der Waals surface area contributed by atoms with Gasteiger partial charge in [0.25, 0.3) is 0 Å². The lowest BCUT2D eigenvalue weighted by Crippen LogP contribution is -2.54. The van der Waals surface area contributed by atoms with Crippen molar-refractivity contribution in [2.24, 2.45) is 5.92 Å². The minimum Gasteiger partial charge on any atom is -0.480 e. The molecule has 0 saturated carbocycles. The summed E-state index contributed by atoms with van der Waals surface area (Å²) in [4.78, 5) is 36.4. The van der Waals surface area contributed by atoms with E-state index < -0.39 is 49.2 Å². The molecule has 1 unspecified atom stereocenters. The Morgan fingerprint density at radius 3 is 2.03 bits per heavy atom. The normalized spacial score (nSPS) is 13.7. The van der Waals surface area contributed by atoms with Crippen molar-refractivity contribution in [3.63, 3.8) is 0 Å². The van der Waals surface area contributed by atoms with Crippen LogP contribution in [-0.2, 0) is 14.3 Å². The van der Waals surface area contributed by atoms with E-state index in [0.29, 0.717) is 0 Å². The third-order valence-corrected chi connectivity index (χ3v) is 5.56. The number of rotatable bonds is 8. The number of carboxylic acids is 1. The zero-order valence-electron chi connectivity index (χ0n) is 18.6. The number of hydrogen-bond donors (Lipinski definition) is 2. The fourth-order valence-electron chi connectivity index (χ4n) is 4.07. The number of aliphatic carboxylic acids is 1. The highest BCUT2D eigenvalue weighted by molar-refractivity contribution is 5.88. The number of alkyl halides is 3. The summed E-state index contributed by atoms with van der Waals surface area (Å²) < 4.78 is 44.0. The number of hydrogen-bond acceptors (Lipinski definition) is 4. The van der Waals surface area contributed by atoms with Crippen molar-refractivity contribution < 1.29 is 37.4 Å². The molecule has 2 amide bonds. The summed E-state index contributed by atoms with van der Waals surface area (Å²) in [6, 6.07) is 14.0. The number of halogens is 3. The minimum atomic E-state index is -4.80. The molecule has 0 saturated heterocycles. The summed E-state index contributed by atoms with van der Waals surface area (Å²) in [6.45, 7) is 0.125. The van der Waals surface area contributed by atoms with Crippen LogP contribution in [0.5, 0.6) is 0 Å². The highest BCUT2D eigenvalue weighted by atomic mass is 19.4. The number of nitrogens with one attached hydrogen (secondary N) is 1. The third-order valence-electron chi connectivity index (χ3n) is 5.56. The number of amides is 2. The predicted molar refractivity (Wildman–Crippen MR) is 117 cm³/mol. The van der Waals surface area contributed by atoms with Crippen LogP contribution >= 0.6 is 0 Å². The molecule has 2 aromatic carbocycles. The van der Waals surface area contributed by atoms with E-state index in [2.05, 4.69) is 5.32 Å². The first-order valence-corrected chi connectivity index (χ1v) is 10.7. The highest BCUT2D eigenvalue weighted by Gasteiger charge is 2.38. The van der Waals surface area contributed by atoms with Gasteiger partial charge in [-0.1, -0.05) is 62.4 Å². The summed E-state index contributed by atoms with van der Waals surface area (Å²) in [5.74, 6) is -3.60. The Balaban J connectivity index is 1.71. The van der Waals surface area contributed by atoms with E-state index in [0.717, 1.165) is 22.3 Å². The molecule has 0 aliphatic heterocycles. The number of nitrogens with zero attached hydrogens (tertiary/aromatic N) is 1. The van der Waals surface area contributed by atoms with Gasteiger partial charge < -0.3 is 20.1 Å². The first-order chi connectivity index (χ1) is 16.0. The van der Waals surface area contributed by atoms with Crippen LogP contribution in [-0.4, -0.2) is 59.9 Å². The summed E-state index contributed by atoms with van der Waals surface area (Å²) in [6.07, 6.45) is -5.77. The van der Waals surface area contributed by atoms with Gasteiger partial charge in [-0.25, -0.2) is 4.79 Å². The maximum atomic E-state index is 12.9. The Labute approximate surface area is 194 Å². The molecule has 7 nitrogen and oxygen atoms in total. The molecule has 0 bridgehead atoms. The van der Waals surface area contributed by atoms with Gasteiger partial charge in [0, 0.05) is 5.92 Å². The Hall–Kier alpha value is -3.56. The topological polar surface area (TPSA) is 95.9 Å². The van der Waals surface area contributed by atoms with Crippen molar-refractivity contribution in [3.8, 4) is 11.1 Å². The molecule has 0 heterocycles. The van der Waals surface area contributed by atoms with Crippen LogP contribution in [0.4, 0.5) is 18.0 Å². The quantitative estimate of drug-likeness (QED) is 0.598. The lowest BCUT2D eigenvalue weighted by molar-refractivity contribution is -0.167. The zero-order chi connectivity index (χ0) is 25.0. The number of carbonyl (C=O) groups excluding carboxylic acids is 2. The monoisotopic (exact) mass is 478 g/mol. The van der Waals surface area contributed by atoms with Gasteiger partial charge in [-0.2, -0.15) is 13.2 Å². The maximum absolute atomic E-state index is 12.9. The van der Waals surface area contributed by atoms with Crippen LogP contribution in [0.1, 0.15) is 30.9 Å². The molecule has 2 aromatic rings. The predicted octanol–water partition coefficient (Wildman–Crippen LogP) is 4.03. The molecule has 1 atom stereocenters. The fourth-order valence-corrected chi connectivity index (χ4v) is 4.07. The van der Waals surface area contributed by atoms with Gasteiger partial charge in [0.1, 0.15) is 25.7 Å². The summed E-state index contributed by atoms with van der Waals surface area (Å²) in [5, 5.41) is 11.2. The lowest BCUT2D eigenvalue weighted by atomic mass is 9.98. The Kier molecular flexibility index (Phi) is 7.48. The SMILES string of the molecule is CC(C)C(NC(=O)OCC1c2ccccc2-c2ccccc21)C(=O)N(CC(=O)O)CC(F)(F)F. The maximum Gasteiger partial charge on any atom is 0.407 e.